The lowest BCUT2D eigenvalue weighted by Crippen LogP contribution is -2.52. The topological polar surface area (TPSA) is 64.7 Å². The maximum absolute atomic E-state index is 12.9. The van der Waals surface area contributed by atoms with Gasteiger partial charge >= 0.3 is 12.2 Å². The fraction of sp³-hybridized carbons (Fsp3) is 0.368. The summed E-state index contributed by atoms with van der Waals surface area (Å²) >= 11 is 7.15. The zero-order valence-corrected chi connectivity index (χ0v) is 17.4. The van der Waals surface area contributed by atoms with Gasteiger partial charge in [-0.05, 0) is 40.6 Å². The number of piperazine rings is 1. The van der Waals surface area contributed by atoms with Crippen LogP contribution in [0.25, 0.3) is 0 Å². The number of urea groups is 1. The molecule has 2 N–H and O–H groups in total. The minimum atomic E-state index is -4.60. The largest absolute Gasteiger partial charge is 0.417 e. The Kier molecular flexibility index (Phi) is 7.22. The Balaban J connectivity index is 1.44. The van der Waals surface area contributed by atoms with Crippen molar-refractivity contribution in [2.75, 3.05) is 38.0 Å². The van der Waals surface area contributed by atoms with Crippen LogP contribution in [0.5, 0.6) is 0 Å². The van der Waals surface area contributed by atoms with Gasteiger partial charge in [0, 0.05) is 38.4 Å². The standard InChI is InChI=1S/C19H20ClF3N4O2S/c20-16-2-1-14(9-15(16)19(21,22)23)25-17(28)11-26-4-6-27(7-5-26)18(29)24-10-13-3-8-30-12-13/h1-3,8-9,12H,4-7,10-11H2,(H,24,29)(H,25,28). The van der Waals surface area contributed by atoms with E-state index in [-0.39, 0.29) is 18.3 Å². The van der Waals surface area contributed by atoms with E-state index in [0.717, 1.165) is 17.7 Å². The molecule has 1 fully saturated rings. The second-order valence-corrected chi connectivity index (χ2v) is 7.98. The second kappa shape index (κ2) is 9.67. The van der Waals surface area contributed by atoms with E-state index in [1.54, 1.807) is 16.2 Å². The van der Waals surface area contributed by atoms with E-state index >= 15 is 0 Å². The maximum atomic E-state index is 12.9. The Morgan fingerprint density at radius 1 is 1.13 bits per heavy atom. The van der Waals surface area contributed by atoms with Crippen molar-refractivity contribution < 1.29 is 22.8 Å². The third kappa shape index (κ3) is 6.10. The van der Waals surface area contributed by atoms with E-state index in [4.69, 9.17) is 11.6 Å². The molecule has 3 rings (SSSR count). The molecule has 162 valence electrons. The lowest BCUT2D eigenvalue weighted by molar-refractivity contribution is -0.137. The first-order valence-corrected chi connectivity index (χ1v) is 10.5. The SMILES string of the molecule is O=C(CN1CCN(C(=O)NCc2ccsc2)CC1)Nc1ccc(Cl)c(C(F)(F)F)c1. The van der Waals surface area contributed by atoms with Crippen LogP contribution in [0.15, 0.2) is 35.0 Å². The van der Waals surface area contributed by atoms with Crippen molar-refractivity contribution in [2.45, 2.75) is 12.7 Å². The summed E-state index contributed by atoms with van der Waals surface area (Å²) in [6.45, 7) is 2.39. The van der Waals surface area contributed by atoms with E-state index < -0.39 is 22.7 Å². The van der Waals surface area contributed by atoms with Gasteiger partial charge in [0.05, 0.1) is 17.1 Å². The van der Waals surface area contributed by atoms with Crippen LogP contribution >= 0.6 is 22.9 Å². The average Bonchev–Trinajstić information content (AvgIpc) is 3.21. The normalized spacial score (nSPS) is 15.1. The van der Waals surface area contributed by atoms with Crippen LogP contribution < -0.4 is 10.6 Å². The van der Waals surface area contributed by atoms with E-state index in [1.807, 2.05) is 21.7 Å². The first-order valence-electron chi connectivity index (χ1n) is 9.15. The molecular weight excluding hydrogens is 441 g/mol. The van der Waals surface area contributed by atoms with Crippen molar-refractivity contribution in [3.63, 3.8) is 0 Å². The molecule has 30 heavy (non-hydrogen) atoms. The smallest absolute Gasteiger partial charge is 0.334 e. The molecule has 1 saturated heterocycles. The first kappa shape index (κ1) is 22.4. The van der Waals surface area contributed by atoms with Crippen LogP contribution in [0.3, 0.4) is 0 Å². The van der Waals surface area contributed by atoms with Crippen LogP contribution in [0, 0.1) is 0 Å². The lowest BCUT2D eigenvalue weighted by atomic mass is 10.2. The monoisotopic (exact) mass is 460 g/mol. The van der Waals surface area contributed by atoms with E-state index in [9.17, 15) is 22.8 Å². The van der Waals surface area contributed by atoms with Gasteiger partial charge in [0.1, 0.15) is 0 Å². The van der Waals surface area contributed by atoms with Gasteiger partial charge in [-0.2, -0.15) is 24.5 Å². The molecule has 1 aromatic carbocycles. The molecular formula is C19H20ClF3N4O2S. The molecule has 0 radical (unpaired) electrons. The van der Waals surface area contributed by atoms with Crippen LogP contribution in [-0.2, 0) is 17.5 Å². The molecule has 2 aromatic rings. The molecule has 0 aliphatic carbocycles. The van der Waals surface area contributed by atoms with Crippen molar-refractivity contribution in [3.05, 3.63) is 51.2 Å². The number of benzene rings is 1. The molecule has 0 unspecified atom stereocenters. The first-order chi connectivity index (χ1) is 14.2. The number of nitrogens with zero attached hydrogens (tertiary/aromatic N) is 2. The molecule has 1 aliphatic rings. The highest BCUT2D eigenvalue weighted by Crippen LogP contribution is 2.36. The third-order valence-electron chi connectivity index (χ3n) is 4.61. The Bertz CT molecular complexity index is 884. The predicted octanol–water partition coefficient (Wildman–Crippen LogP) is 3.89. The Morgan fingerprint density at radius 2 is 1.87 bits per heavy atom. The number of nitrogens with one attached hydrogen (secondary N) is 2. The van der Waals surface area contributed by atoms with Gasteiger partial charge < -0.3 is 15.5 Å². The molecule has 0 atom stereocenters. The number of carbonyl (C=O) groups is 2. The Hall–Kier alpha value is -2.30. The van der Waals surface area contributed by atoms with E-state index in [2.05, 4.69) is 10.6 Å². The number of halogens is 4. The highest BCUT2D eigenvalue weighted by Gasteiger charge is 2.33. The molecule has 2 heterocycles. The summed E-state index contributed by atoms with van der Waals surface area (Å²) in [5.74, 6) is -0.430. The van der Waals surface area contributed by atoms with Gasteiger partial charge in [-0.1, -0.05) is 11.6 Å². The number of anilines is 1. The number of alkyl halides is 3. The van der Waals surface area contributed by atoms with Crippen LogP contribution in [0.1, 0.15) is 11.1 Å². The number of thiophene rings is 1. The van der Waals surface area contributed by atoms with E-state index in [0.29, 0.717) is 32.7 Å². The van der Waals surface area contributed by atoms with Crippen molar-refractivity contribution in [1.29, 1.82) is 0 Å². The molecule has 11 heteroatoms. The lowest BCUT2D eigenvalue weighted by Gasteiger charge is -2.34. The van der Waals surface area contributed by atoms with Gasteiger partial charge in [-0.15, -0.1) is 0 Å². The van der Waals surface area contributed by atoms with Crippen molar-refractivity contribution in [2.24, 2.45) is 0 Å². The highest BCUT2D eigenvalue weighted by molar-refractivity contribution is 7.07. The Labute approximate surface area is 180 Å². The summed E-state index contributed by atoms with van der Waals surface area (Å²) in [5.41, 5.74) is 0.0757. The number of hydrogen-bond donors (Lipinski definition) is 2. The van der Waals surface area contributed by atoms with Gasteiger partial charge in [-0.25, -0.2) is 4.79 Å². The molecule has 0 saturated carbocycles. The van der Waals surface area contributed by atoms with Crippen LogP contribution in [0.4, 0.5) is 23.7 Å². The van der Waals surface area contributed by atoms with Crippen LogP contribution in [-0.4, -0.2) is 54.5 Å². The number of amides is 3. The summed E-state index contributed by atoms with van der Waals surface area (Å²) in [6, 6.07) is 5.03. The zero-order valence-electron chi connectivity index (χ0n) is 15.8. The number of hydrogen-bond acceptors (Lipinski definition) is 4. The van der Waals surface area contributed by atoms with Gasteiger partial charge in [0.25, 0.3) is 0 Å². The summed E-state index contributed by atoms with van der Waals surface area (Å²) < 4.78 is 38.8. The maximum Gasteiger partial charge on any atom is 0.417 e. The summed E-state index contributed by atoms with van der Waals surface area (Å²) in [5, 5.41) is 8.81. The molecule has 6 nitrogen and oxygen atoms in total. The predicted molar refractivity (Wildman–Crippen MR) is 110 cm³/mol. The van der Waals surface area contributed by atoms with Gasteiger partial charge in [0.2, 0.25) is 5.91 Å². The van der Waals surface area contributed by atoms with Crippen LogP contribution in [0.2, 0.25) is 5.02 Å². The summed E-state index contributed by atoms with van der Waals surface area (Å²) in [6.07, 6.45) is -4.60. The minimum Gasteiger partial charge on any atom is -0.334 e. The zero-order chi connectivity index (χ0) is 21.7. The molecule has 3 amide bonds. The number of rotatable bonds is 5. The third-order valence-corrected chi connectivity index (χ3v) is 5.67. The number of carbonyl (C=O) groups excluding carboxylic acids is 2. The molecule has 0 spiro atoms. The van der Waals surface area contributed by atoms with Crippen molar-refractivity contribution in [3.8, 4) is 0 Å². The molecule has 0 bridgehead atoms. The summed E-state index contributed by atoms with van der Waals surface area (Å²) in [7, 11) is 0. The van der Waals surface area contributed by atoms with Crippen molar-refractivity contribution >= 4 is 40.6 Å². The minimum absolute atomic E-state index is 0.0222. The highest BCUT2D eigenvalue weighted by atomic mass is 35.5. The second-order valence-electron chi connectivity index (χ2n) is 6.79. The average molecular weight is 461 g/mol. The Morgan fingerprint density at radius 3 is 2.50 bits per heavy atom. The molecule has 1 aromatic heterocycles. The fourth-order valence-corrected chi connectivity index (χ4v) is 3.91. The van der Waals surface area contributed by atoms with Crippen molar-refractivity contribution in [1.82, 2.24) is 15.1 Å². The van der Waals surface area contributed by atoms with Gasteiger partial charge in [-0.3, -0.25) is 9.69 Å². The molecule has 1 aliphatic heterocycles. The summed E-state index contributed by atoms with van der Waals surface area (Å²) in [4.78, 5) is 28.0. The van der Waals surface area contributed by atoms with E-state index in [1.165, 1.54) is 6.07 Å². The fourth-order valence-electron chi connectivity index (χ4n) is 3.02. The quantitative estimate of drug-likeness (QED) is 0.711. The van der Waals surface area contributed by atoms with Gasteiger partial charge in [0.15, 0.2) is 0 Å².